The molecule has 0 bridgehead atoms. The van der Waals surface area contributed by atoms with Gasteiger partial charge in [0.2, 0.25) is 5.91 Å². The molecule has 1 unspecified atom stereocenters. The Bertz CT molecular complexity index is 1470. The Morgan fingerprint density at radius 1 is 0.806 bits per heavy atom. The monoisotopic (exact) mass is 490 g/mol. The second-order valence-corrected chi connectivity index (χ2v) is 9.63. The second-order valence-electron chi connectivity index (χ2n) is 8.56. The van der Waals surface area contributed by atoms with Crippen molar-refractivity contribution in [3.05, 3.63) is 126 Å². The summed E-state index contributed by atoms with van der Waals surface area (Å²) in [4.78, 5) is 13.7. The summed E-state index contributed by atoms with van der Waals surface area (Å²) >= 11 is 1.39. The van der Waals surface area contributed by atoms with Crippen LogP contribution in [0.25, 0.3) is 17.1 Å². The van der Waals surface area contributed by atoms with Gasteiger partial charge in [0.15, 0.2) is 11.0 Å². The number of carbonyl (C=O) groups is 1. The Kier molecular flexibility index (Phi) is 6.96. The molecule has 178 valence electrons. The molecule has 0 aliphatic carbocycles. The van der Waals surface area contributed by atoms with Crippen LogP contribution in [0, 0.1) is 13.8 Å². The van der Waals surface area contributed by atoms with Gasteiger partial charge in [-0.1, -0.05) is 103 Å². The predicted octanol–water partition coefficient (Wildman–Crippen LogP) is 7.02. The summed E-state index contributed by atoms with van der Waals surface area (Å²) in [5.74, 6) is 0.620. The lowest BCUT2D eigenvalue weighted by atomic mass is 10.1. The first-order valence-corrected chi connectivity index (χ1v) is 12.6. The fraction of sp³-hybridized carbons (Fsp3) is 0.100. The van der Waals surface area contributed by atoms with Gasteiger partial charge >= 0.3 is 0 Å². The van der Waals surface area contributed by atoms with Crippen LogP contribution in [0.1, 0.15) is 21.9 Å². The highest BCUT2D eigenvalue weighted by Gasteiger charge is 2.27. The predicted molar refractivity (Wildman–Crippen MR) is 146 cm³/mol. The molecule has 0 aliphatic heterocycles. The number of amides is 1. The molecule has 1 heterocycles. The standard InChI is InChI=1S/C30H26N4OS/c1-21-18-19-22(2)26(20-21)31-29(35)27(23-12-6-3-7-13-23)36-30-33-32-28(24-14-8-4-9-15-24)34(30)25-16-10-5-11-17-25/h3-20,27H,1-2H3,(H,31,35). The van der Waals surface area contributed by atoms with E-state index in [1.807, 2.05) is 128 Å². The van der Waals surface area contributed by atoms with Crippen LogP contribution in [-0.2, 0) is 4.79 Å². The molecule has 0 saturated heterocycles. The molecule has 1 N–H and O–H groups in total. The number of carbonyl (C=O) groups excluding carboxylic acids is 1. The topological polar surface area (TPSA) is 59.8 Å². The van der Waals surface area contributed by atoms with E-state index in [2.05, 4.69) is 15.5 Å². The molecule has 5 rings (SSSR count). The van der Waals surface area contributed by atoms with E-state index in [0.29, 0.717) is 5.16 Å². The minimum absolute atomic E-state index is 0.108. The van der Waals surface area contributed by atoms with Crippen LogP contribution in [0.4, 0.5) is 5.69 Å². The zero-order valence-electron chi connectivity index (χ0n) is 20.1. The van der Waals surface area contributed by atoms with Crippen LogP contribution in [0.5, 0.6) is 0 Å². The minimum Gasteiger partial charge on any atom is -0.325 e. The third-order valence-corrected chi connectivity index (χ3v) is 7.09. The summed E-state index contributed by atoms with van der Waals surface area (Å²) in [7, 11) is 0. The summed E-state index contributed by atoms with van der Waals surface area (Å²) < 4.78 is 2.02. The summed E-state index contributed by atoms with van der Waals surface area (Å²) in [6.07, 6.45) is 0. The number of thioether (sulfide) groups is 1. The van der Waals surface area contributed by atoms with E-state index in [9.17, 15) is 4.79 Å². The molecular weight excluding hydrogens is 464 g/mol. The Morgan fingerprint density at radius 3 is 2.14 bits per heavy atom. The van der Waals surface area contributed by atoms with Gasteiger partial charge in [0, 0.05) is 16.9 Å². The number of nitrogens with zero attached hydrogens (tertiary/aromatic N) is 3. The summed E-state index contributed by atoms with van der Waals surface area (Å²) in [6.45, 7) is 4.02. The highest BCUT2D eigenvalue weighted by Crippen LogP contribution is 2.38. The molecule has 6 heteroatoms. The van der Waals surface area contributed by atoms with Gasteiger partial charge in [0.1, 0.15) is 5.25 Å². The largest absolute Gasteiger partial charge is 0.325 e. The molecule has 0 aliphatic rings. The average Bonchev–Trinajstić information content (AvgIpc) is 3.34. The molecule has 4 aromatic carbocycles. The van der Waals surface area contributed by atoms with Crippen molar-refractivity contribution < 1.29 is 4.79 Å². The van der Waals surface area contributed by atoms with Crippen molar-refractivity contribution in [1.29, 1.82) is 0 Å². The van der Waals surface area contributed by atoms with Crippen LogP contribution in [0.3, 0.4) is 0 Å². The number of hydrogen-bond donors (Lipinski definition) is 1. The highest BCUT2D eigenvalue weighted by molar-refractivity contribution is 8.00. The highest BCUT2D eigenvalue weighted by atomic mass is 32.2. The first-order valence-electron chi connectivity index (χ1n) is 11.8. The number of nitrogens with one attached hydrogen (secondary N) is 1. The minimum atomic E-state index is -0.526. The van der Waals surface area contributed by atoms with Gasteiger partial charge in [-0.2, -0.15) is 0 Å². The lowest BCUT2D eigenvalue weighted by Gasteiger charge is -2.19. The number of anilines is 1. The zero-order chi connectivity index (χ0) is 24.9. The normalized spacial score (nSPS) is 11.7. The van der Waals surface area contributed by atoms with Crippen LogP contribution in [-0.4, -0.2) is 20.7 Å². The van der Waals surface area contributed by atoms with E-state index in [1.54, 1.807) is 0 Å². The van der Waals surface area contributed by atoms with Crippen LogP contribution >= 0.6 is 11.8 Å². The van der Waals surface area contributed by atoms with Crippen LogP contribution in [0.2, 0.25) is 0 Å². The first kappa shape index (κ1) is 23.6. The maximum Gasteiger partial charge on any atom is 0.242 e. The number of rotatable bonds is 7. The molecule has 5 nitrogen and oxygen atoms in total. The van der Waals surface area contributed by atoms with Crippen molar-refractivity contribution in [2.45, 2.75) is 24.3 Å². The van der Waals surface area contributed by atoms with Gasteiger partial charge in [0.05, 0.1) is 0 Å². The van der Waals surface area contributed by atoms with Crippen molar-refractivity contribution in [3.63, 3.8) is 0 Å². The number of aromatic nitrogens is 3. The van der Waals surface area contributed by atoms with Crippen molar-refractivity contribution in [3.8, 4) is 17.1 Å². The van der Waals surface area contributed by atoms with Crippen molar-refractivity contribution in [2.75, 3.05) is 5.32 Å². The molecule has 0 saturated carbocycles. The van der Waals surface area contributed by atoms with Gasteiger partial charge in [-0.3, -0.25) is 9.36 Å². The van der Waals surface area contributed by atoms with E-state index < -0.39 is 5.25 Å². The lowest BCUT2D eigenvalue weighted by molar-refractivity contribution is -0.115. The van der Waals surface area contributed by atoms with E-state index in [1.165, 1.54) is 11.8 Å². The molecular formula is C30H26N4OS. The van der Waals surface area contributed by atoms with Crippen molar-refractivity contribution in [1.82, 2.24) is 14.8 Å². The number of hydrogen-bond acceptors (Lipinski definition) is 4. The molecule has 5 aromatic rings. The molecule has 0 radical (unpaired) electrons. The van der Waals surface area contributed by atoms with E-state index in [-0.39, 0.29) is 5.91 Å². The third-order valence-electron chi connectivity index (χ3n) is 5.89. The molecule has 1 aromatic heterocycles. The SMILES string of the molecule is Cc1ccc(C)c(NC(=O)C(Sc2nnc(-c3ccccc3)n2-c2ccccc2)c2ccccc2)c1. The Hall–Kier alpha value is -4.16. The van der Waals surface area contributed by atoms with Crippen molar-refractivity contribution >= 4 is 23.4 Å². The molecule has 1 atom stereocenters. The summed E-state index contributed by atoms with van der Waals surface area (Å²) in [5, 5.41) is 12.4. The van der Waals surface area contributed by atoms with E-state index >= 15 is 0 Å². The Labute approximate surface area is 215 Å². The van der Waals surface area contributed by atoms with Gasteiger partial charge in [-0.25, -0.2) is 0 Å². The van der Waals surface area contributed by atoms with Gasteiger partial charge in [-0.15, -0.1) is 10.2 Å². The Morgan fingerprint density at radius 2 is 1.44 bits per heavy atom. The second kappa shape index (κ2) is 10.6. The van der Waals surface area contributed by atoms with Gasteiger partial charge < -0.3 is 5.32 Å². The van der Waals surface area contributed by atoms with E-state index in [4.69, 9.17) is 0 Å². The zero-order valence-corrected chi connectivity index (χ0v) is 20.9. The summed E-state index contributed by atoms with van der Waals surface area (Å²) in [5.41, 5.74) is 5.72. The fourth-order valence-corrected chi connectivity index (χ4v) is 5.06. The molecule has 0 spiro atoms. The maximum atomic E-state index is 13.7. The van der Waals surface area contributed by atoms with Gasteiger partial charge in [-0.05, 0) is 48.7 Å². The number of aryl methyl sites for hydroxylation is 2. The molecule has 0 fully saturated rings. The van der Waals surface area contributed by atoms with Crippen molar-refractivity contribution in [2.24, 2.45) is 0 Å². The first-order chi connectivity index (χ1) is 17.6. The lowest BCUT2D eigenvalue weighted by Crippen LogP contribution is -2.20. The Balaban J connectivity index is 1.56. The third kappa shape index (κ3) is 5.09. The molecule has 36 heavy (non-hydrogen) atoms. The number of para-hydroxylation sites is 1. The quantitative estimate of drug-likeness (QED) is 0.249. The smallest absolute Gasteiger partial charge is 0.242 e. The molecule has 1 amide bonds. The number of benzene rings is 4. The van der Waals surface area contributed by atoms with Crippen LogP contribution in [0.15, 0.2) is 114 Å². The fourth-order valence-electron chi connectivity index (χ4n) is 4.01. The summed E-state index contributed by atoms with van der Waals surface area (Å²) in [6, 6.07) is 35.8. The van der Waals surface area contributed by atoms with Gasteiger partial charge in [0.25, 0.3) is 0 Å². The average molecular weight is 491 g/mol. The maximum absolute atomic E-state index is 13.7. The van der Waals surface area contributed by atoms with E-state index in [0.717, 1.165) is 39.5 Å². The van der Waals surface area contributed by atoms with Crippen LogP contribution < -0.4 is 5.32 Å².